The molecule has 0 aliphatic heterocycles. The summed E-state index contributed by atoms with van der Waals surface area (Å²) in [7, 11) is 3.06. The second-order valence-corrected chi connectivity index (χ2v) is 5.05. The highest BCUT2D eigenvalue weighted by Crippen LogP contribution is 2.19. The van der Waals surface area contributed by atoms with Crippen molar-refractivity contribution in [1.29, 1.82) is 0 Å². The first-order valence-electron chi connectivity index (χ1n) is 5.04. The second kappa shape index (κ2) is 6.09. The molecule has 0 aromatic heterocycles. The molecule has 0 radical (unpaired) electrons. The monoisotopic (exact) mass is 381 g/mol. The van der Waals surface area contributed by atoms with E-state index in [1.165, 1.54) is 19.0 Å². The Balaban J connectivity index is 3.33. The SMILES string of the molecule is CN(C)/C=C(\C(=O)O)C(=O)c1cc(I)c(F)cc1F. The molecule has 0 saturated heterocycles. The minimum atomic E-state index is -1.47. The molecule has 1 N–H and O–H groups in total. The molecule has 0 unspecified atom stereocenters. The van der Waals surface area contributed by atoms with Crippen molar-refractivity contribution in [1.82, 2.24) is 4.90 Å². The van der Waals surface area contributed by atoms with E-state index in [9.17, 15) is 18.4 Å². The molecular formula is C12H10F2INO3. The van der Waals surface area contributed by atoms with Gasteiger partial charge in [-0.3, -0.25) is 4.79 Å². The van der Waals surface area contributed by atoms with E-state index in [1.54, 1.807) is 22.6 Å². The van der Waals surface area contributed by atoms with Gasteiger partial charge < -0.3 is 10.0 Å². The van der Waals surface area contributed by atoms with Gasteiger partial charge in [-0.25, -0.2) is 13.6 Å². The summed E-state index contributed by atoms with van der Waals surface area (Å²) in [6.07, 6.45) is 1.07. The Bertz CT molecular complexity index is 570. The predicted octanol–water partition coefficient (Wildman–Crippen LogP) is 2.28. The molecule has 0 bridgehead atoms. The first-order chi connectivity index (χ1) is 8.73. The zero-order valence-electron chi connectivity index (χ0n) is 10.1. The summed E-state index contributed by atoms with van der Waals surface area (Å²) in [5.41, 5.74) is -1.06. The fourth-order valence-electron chi connectivity index (χ4n) is 1.31. The molecule has 1 aromatic carbocycles. The third-order valence-electron chi connectivity index (χ3n) is 2.12. The van der Waals surface area contributed by atoms with Gasteiger partial charge in [0, 0.05) is 29.9 Å². The Morgan fingerprint density at radius 1 is 1.26 bits per heavy atom. The molecule has 7 heteroatoms. The topological polar surface area (TPSA) is 57.6 Å². The second-order valence-electron chi connectivity index (χ2n) is 3.89. The molecule has 0 atom stereocenters. The number of ketones is 1. The van der Waals surface area contributed by atoms with Crippen molar-refractivity contribution in [2.75, 3.05) is 14.1 Å². The molecule has 0 spiro atoms. The Hall–Kier alpha value is -1.51. The number of hydrogen-bond acceptors (Lipinski definition) is 3. The Morgan fingerprint density at radius 3 is 2.32 bits per heavy atom. The number of carboxylic acid groups (broad SMARTS) is 1. The summed E-state index contributed by atoms with van der Waals surface area (Å²) in [5, 5.41) is 8.95. The van der Waals surface area contributed by atoms with Crippen LogP contribution in [0.4, 0.5) is 8.78 Å². The molecule has 19 heavy (non-hydrogen) atoms. The van der Waals surface area contributed by atoms with E-state index < -0.39 is 34.5 Å². The summed E-state index contributed by atoms with van der Waals surface area (Å²) in [4.78, 5) is 24.3. The van der Waals surface area contributed by atoms with Crippen molar-refractivity contribution < 1.29 is 23.5 Å². The lowest BCUT2D eigenvalue weighted by molar-refractivity contribution is -0.132. The van der Waals surface area contributed by atoms with Crippen molar-refractivity contribution in [2.24, 2.45) is 0 Å². The van der Waals surface area contributed by atoms with Crippen LogP contribution in [0.3, 0.4) is 0 Å². The standard InChI is InChI=1S/C12H10F2INO3/c1-16(2)5-7(12(18)19)11(17)6-3-10(15)9(14)4-8(6)13/h3-5H,1-2H3,(H,18,19)/b7-5-. The van der Waals surface area contributed by atoms with E-state index in [4.69, 9.17) is 5.11 Å². The van der Waals surface area contributed by atoms with E-state index in [2.05, 4.69) is 0 Å². The van der Waals surface area contributed by atoms with E-state index in [-0.39, 0.29) is 3.57 Å². The van der Waals surface area contributed by atoms with Crippen LogP contribution in [-0.4, -0.2) is 35.9 Å². The van der Waals surface area contributed by atoms with Gasteiger partial charge in [-0.15, -0.1) is 0 Å². The number of rotatable bonds is 4. The highest BCUT2D eigenvalue weighted by molar-refractivity contribution is 14.1. The van der Waals surface area contributed by atoms with Crippen LogP contribution >= 0.6 is 22.6 Å². The maximum atomic E-state index is 13.5. The van der Waals surface area contributed by atoms with Gasteiger partial charge in [-0.1, -0.05) is 0 Å². The van der Waals surface area contributed by atoms with Crippen molar-refractivity contribution in [3.8, 4) is 0 Å². The minimum Gasteiger partial charge on any atom is -0.477 e. The van der Waals surface area contributed by atoms with Gasteiger partial charge in [0.25, 0.3) is 0 Å². The Labute approximate surface area is 121 Å². The fourth-order valence-corrected chi connectivity index (χ4v) is 1.78. The average Bonchev–Trinajstić information content (AvgIpc) is 2.29. The number of aliphatic carboxylic acids is 1. The molecule has 0 saturated carbocycles. The molecule has 0 heterocycles. The summed E-state index contributed by atoms with van der Waals surface area (Å²) < 4.78 is 26.7. The van der Waals surface area contributed by atoms with Crippen molar-refractivity contribution >= 4 is 34.3 Å². The van der Waals surface area contributed by atoms with E-state index >= 15 is 0 Å². The number of halogens is 3. The number of hydrogen-bond donors (Lipinski definition) is 1. The maximum absolute atomic E-state index is 13.5. The number of Topliss-reactive ketones (excluding diaryl/α,β-unsaturated/α-hetero) is 1. The van der Waals surface area contributed by atoms with Crippen molar-refractivity contribution in [3.05, 3.63) is 44.7 Å². The number of carbonyl (C=O) groups excluding carboxylic acids is 1. The quantitative estimate of drug-likeness (QED) is 0.217. The molecular weight excluding hydrogens is 371 g/mol. The minimum absolute atomic E-state index is 0.0388. The van der Waals surface area contributed by atoms with Crippen LogP contribution in [0.5, 0.6) is 0 Å². The predicted molar refractivity (Wildman–Crippen MR) is 72.8 cm³/mol. The molecule has 4 nitrogen and oxygen atoms in total. The molecule has 0 fully saturated rings. The molecule has 102 valence electrons. The lowest BCUT2D eigenvalue weighted by Gasteiger charge is -2.09. The highest BCUT2D eigenvalue weighted by Gasteiger charge is 2.23. The molecule has 0 amide bonds. The van der Waals surface area contributed by atoms with Crippen LogP contribution in [-0.2, 0) is 4.79 Å². The summed E-state index contributed by atoms with van der Waals surface area (Å²) in [5.74, 6) is -4.37. The molecule has 1 aromatic rings. The van der Waals surface area contributed by atoms with Gasteiger partial charge in [0.05, 0.1) is 5.56 Å². The molecule has 0 aliphatic carbocycles. The van der Waals surface area contributed by atoms with Crippen LogP contribution < -0.4 is 0 Å². The highest BCUT2D eigenvalue weighted by atomic mass is 127. The Kier molecular flexibility index (Phi) is 4.98. The first kappa shape index (κ1) is 15.5. The van der Waals surface area contributed by atoms with Crippen LogP contribution in [0, 0.1) is 15.2 Å². The van der Waals surface area contributed by atoms with E-state index in [0.717, 1.165) is 12.3 Å². The van der Waals surface area contributed by atoms with Crippen molar-refractivity contribution in [3.63, 3.8) is 0 Å². The zero-order chi connectivity index (χ0) is 14.7. The van der Waals surface area contributed by atoms with Crippen LogP contribution in [0.25, 0.3) is 0 Å². The molecule has 1 rings (SSSR count). The third-order valence-corrected chi connectivity index (χ3v) is 2.94. The summed E-state index contributed by atoms with van der Waals surface area (Å²) in [6, 6.07) is 1.55. The normalized spacial score (nSPS) is 11.3. The number of benzene rings is 1. The van der Waals surface area contributed by atoms with Crippen molar-refractivity contribution in [2.45, 2.75) is 0 Å². The van der Waals surface area contributed by atoms with Gasteiger partial charge in [-0.2, -0.15) is 0 Å². The number of nitrogens with zero attached hydrogens (tertiary/aromatic N) is 1. The Morgan fingerprint density at radius 2 is 1.84 bits per heavy atom. The van der Waals surface area contributed by atoms with Gasteiger partial charge in [0.15, 0.2) is 0 Å². The maximum Gasteiger partial charge on any atom is 0.341 e. The van der Waals surface area contributed by atoms with Crippen LogP contribution in [0.1, 0.15) is 10.4 Å². The first-order valence-corrected chi connectivity index (χ1v) is 6.12. The molecule has 0 aliphatic rings. The van der Waals surface area contributed by atoms with E-state index in [1.807, 2.05) is 0 Å². The van der Waals surface area contributed by atoms with Crippen LogP contribution in [0.15, 0.2) is 23.9 Å². The third kappa shape index (κ3) is 3.72. The lowest BCUT2D eigenvalue weighted by Crippen LogP contribution is -2.18. The lowest BCUT2D eigenvalue weighted by atomic mass is 10.0. The van der Waals surface area contributed by atoms with Gasteiger partial charge >= 0.3 is 5.97 Å². The number of carbonyl (C=O) groups is 2. The number of carboxylic acids is 1. The largest absolute Gasteiger partial charge is 0.477 e. The summed E-state index contributed by atoms with van der Waals surface area (Å²) in [6.45, 7) is 0. The smallest absolute Gasteiger partial charge is 0.341 e. The average molecular weight is 381 g/mol. The van der Waals surface area contributed by atoms with Crippen LogP contribution in [0.2, 0.25) is 0 Å². The van der Waals surface area contributed by atoms with Gasteiger partial charge in [-0.05, 0) is 28.7 Å². The summed E-state index contributed by atoms with van der Waals surface area (Å²) >= 11 is 1.60. The zero-order valence-corrected chi connectivity index (χ0v) is 12.2. The fraction of sp³-hybridized carbons (Fsp3) is 0.167. The van der Waals surface area contributed by atoms with Gasteiger partial charge in [0.2, 0.25) is 5.78 Å². The van der Waals surface area contributed by atoms with Gasteiger partial charge in [0.1, 0.15) is 17.2 Å². The van der Waals surface area contributed by atoms with E-state index in [0.29, 0.717) is 6.07 Å².